The van der Waals surface area contributed by atoms with E-state index in [1.54, 1.807) is 0 Å². The Labute approximate surface area is 102 Å². The van der Waals surface area contributed by atoms with Crippen LogP contribution in [-0.4, -0.2) is 13.1 Å². The molecule has 1 atom stereocenters. The zero-order valence-corrected chi connectivity index (χ0v) is 10.9. The van der Waals surface area contributed by atoms with E-state index in [1.807, 2.05) is 25.2 Å². The van der Waals surface area contributed by atoms with Crippen molar-refractivity contribution in [2.24, 2.45) is 5.92 Å². The van der Waals surface area contributed by atoms with Crippen LogP contribution in [0.15, 0.2) is 18.2 Å². The molecule has 1 nitrogen and oxygen atoms in total. The van der Waals surface area contributed by atoms with Crippen LogP contribution in [0.3, 0.4) is 0 Å². The summed E-state index contributed by atoms with van der Waals surface area (Å²) in [6.45, 7) is 4.39. The second-order valence-corrected chi connectivity index (χ2v) is 4.84. The first-order chi connectivity index (χ1) is 7.06. The van der Waals surface area contributed by atoms with Gasteiger partial charge in [-0.25, -0.2) is 0 Å². The molecule has 0 saturated heterocycles. The van der Waals surface area contributed by atoms with Crippen molar-refractivity contribution in [1.82, 2.24) is 5.32 Å². The summed E-state index contributed by atoms with van der Waals surface area (Å²) in [6, 6.07) is 6.22. The van der Waals surface area contributed by atoms with Crippen LogP contribution in [0.2, 0.25) is 10.0 Å². The van der Waals surface area contributed by atoms with Crippen LogP contribution in [0.4, 0.5) is 0 Å². The summed E-state index contributed by atoms with van der Waals surface area (Å²) in [7, 11) is 1.98. The van der Waals surface area contributed by atoms with Gasteiger partial charge < -0.3 is 5.32 Å². The average Bonchev–Trinajstić information content (AvgIpc) is 2.19. The molecule has 0 amide bonds. The Balaban J connectivity index is 2.84. The molecule has 0 aliphatic carbocycles. The lowest BCUT2D eigenvalue weighted by Gasteiger charge is -2.20. The van der Waals surface area contributed by atoms with Crippen LogP contribution >= 0.6 is 23.2 Å². The van der Waals surface area contributed by atoms with Gasteiger partial charge in [0, 0.05) is 6.04 Å². The Hall–Kier alpha value is -0.240. The lowest BCUT2D eigenvalue weighted by molar-refractivity contribution is 0.424. The Kier molecular flexibility index (Phi) is 4.91. The zero-order chi connectivity index (χ0) is 11.4. The quantitative estimate of drug-likeness (QED) is 0.852. The molecule has 0 bridgehead atoms. The molecule has 1 aromatic carbocycles. The molecule has 1 N–H and O–H groups in total. The normalized spacial score (nSPS) is 13.2. The van der Waals surface area contributed by atoms with Gasteiger partial charge in [0.1, 0.15) is 0 Å². The van der Waals surface area contributed by atoms with Gasteiger partial charge in [0.25, 0.3) is 0 Å². The maximum absolute atomic E-state index is 6.14. The molecule has 15 heavy (non-hydrogen) atoms. The van der Waals surface area contributed by atoms with E-state index in [4.69, 9.17) is 23.2 Å². The highest BCUT2D eigenvalue weighted by Gasteiger charge is 2.14. The minimum absolute atomic E-state index is 0.431. The van der Waals surface area contributed by atoms with Crippen molar-refractivity contribution in [3.8, 4) is 0 Å². The third-order valence-corrected chi connectivity index (χ3v) is 3.50. The van der Waals surface area contributed by atoms with Crippen LogP contribution in [0, 0.1) is 5.92 Å². The van der Waals surface area contributed by atoms with E-state index in [2.05, 4.69) is 19.2 Å². The average molecular weight is 246 g/mol. The third kappa shape index (κ3) is 3.37. The van der Waals surface area contributed by atoms with Crippen molar-refractivity contribution >= 4 is 23.2 Å². The van der Waals surface area contributed by atoms with Gasteiger partial charge in [-0.1, -0.05) is 49.2 Å². The molecule has 0 fully saturated rings. The van der Waals surface area contributed by atoms with Gasteiger partial charge in [0.2, 0.25) is 0 Å². The molecule has 0 heterocycles. The van der Waals surface area contributed by atoms with Gasteiger partial charge in [0.15, 0.2) is 0 Å². The molecule has 1 unspecified atom stereocenters. The monoisotopic (exact) mass is 245 g/mol. The highest BCUT2D eigenvalue weighted by molar-refractivity contribution is 6.42. The Morgan fingerprint density at radius 2 is 1.93 bits per heavy atom. The standard InChI is InChI=1S/C12H17Cl2N/c1-8(2)11(15-3)7-9-5-4-6-10(13)12(9)14/h4-6,8,11,15H,7H2,1-3H3. The predicted molar refractivity (Wildman–Crippen MR) is 67.9 cm³/mol. The highest BCUT2D eigenvalue weighted by Crippen LogP contribution is 2.27. The van der Waals surface area contributed by atoms with Crippen molar-refractivity contribution in [3.63, 3.8) is 0 Å². The number of hydrogen-bond acceptors (Lipinski definition) is 1. The van der Waals surface area contributed by atoms with Crippen molar-refractivity contribution in [1.29, 1.82) is 0 Å². The minimum Gasteiger partial charge on any atom is -0.316 e. The Morgan fingerprint density at radius 1 is 1.27 bits per heavy atom. The molecule has 1 aromatic rings. The van der Waals surface area contributed by atoms with Gasteiger partial charge in [-0.2, -0.15) is 0 Å². The zero-order valence-electron chi connectivity index (χ0n) is 9.35. The fourth-order valence-corrected chi connectivity index (χ4v) is 2.01. The number of hydrogen-bond donors (Lipinski definition) is 1. The van der Waals surface area contributed by atoms with Crippen LogP contribution in [0.5, 0.6) is 0 Å². The van der Waals surface area contributed by atoms with Gasteiger partial charge in [0.05, 0.1) is 10.0 Å². The molecule has 0 radical (unpaired) electrons. The fraction of sp³-hybridized carbons (Fsp3) is 0.500. The predicted octanol–water partition coefficient (Wildman–Crippen LogP) is 3.78. The summed E-state index contributed by atoms with van der Waals surface area (Å²) < 4.78 is 0. The first-order valence-corrected chi connectivity index (χ1v) is 5.92. The summed E-state index contributed by atoms with van der Waals surface area (Å²) in [5, 5.41) is 4.61. The third-order valence-electron chi connectivity index (χ3n) is 2.65. The molecule has 84 valence electrons. The van der Waals surface area contributed by atoms with Gasteiger partial charge in [-0.15, -0.1) is 0 Å². The first kappa shape index (κ1) is 12.8. The van der Waals surface area contributed by atoms with E-state index < -0.39 is 0 Å². The first-order valence-electron chi connectivity index (χ1n) is 5.16. The number of benzene rings is 1. The van der Waals surface area contributed by atoms with Gasteiger partial charge in [-0.3, -0.25) is 0 Å². The molecule has 0 spiro atoms. The van der Waals surface area contributed by atoms with Crippen molar-refractivity contribution in [2.75, 3.05) is 7.05 Å². The van der Waals surface area contributed by atoms with E-state index in [9.17, 15) is 0 Å². The number of rotatable bonds is 4. The Bertz CT molecular complexity index is 323. The van der Waals surface area contributed by atoms with Crippen molar-refractivity contribution in [3.05, 3.63) is 33.8 Å². The highest BCUT2D eigenvalue weighted by atomic mass is 35.5. The van der Waals surface area contributed by atoms with E-state index in [0.717, 1.165) is 12.0 Å². The molecule has 0 aliphatic heterocycles. The van der Waals surface area contributed by atoms with Crippen LogP contribution in [-0.2, 0) is 6.42 Å². The summed E-state index contributed by atoms with van der Waals surface area (Å²) in [4.78, 5) is 0. The molecular formula is C12H17Cl2N. The molecule has 1 rings (SSSR count). The lowest BCUT2D eigenvalue weighted by atomic mass is 9.96. The summed E-state index contributed by atoms with van der Waals surface area (Å²) >= 11 is 12.1. The summed E-state index contributed by atoms with van der Waals surface area (Å²) in [6.07, 6.45) is 0.910. The number of likely N-dealkylation sites (N-methyl/N-ethyl adjacent to an activating group) is 1. The van der Waals surface area contributed by atoms with E-state index in [-0.39, 0.29) is 0 Å². The smallest absolute Gasteiger partial charge is 0.0624 e. The van der Waals surface area contributed by atoms with E-state index in [0.29, 0.717) is 22.0 Å². The van der Waals surface area contributed by atoms with Crippen LogP contribution in [0.25, 0.3) is 0 Å². The lowest BCUT2D eigenvalue weighted by Crippen LogP contribution is -2.32. The van der Waals surface area contributed by atoms with Crippen LogP contribution < -0.4 is 5.32 Å². The largest absolute Gasteiger partial charge is 0.316 e. The molecule has 0 aliphatic rings. The van der Waals surface area contributed by atoms with Crippen LogP contribution in [0.1, 0.15) is 19.4 Å². The SMILES string of the molecule is CNC(Cc1cccc(Cl)c1Cl)C(C)C. The second-order valence-electron chi connectivity index (χ2n) is 4.06. The minimum atomic E-state index is 0.431. The topological polar surface area (TPSA) is 12.0 Å². The van der Waals surface area contributed by atoms with Gasteiger partial charge in [-0.05, 0) is 31.0 Å². The van der Waals surface area contributed by atoms with Crippen molar-refractivity contribution in [2.45, 2.75) is 26.3 Å². The van der Waals surface area contributed by atoms with Crippen molar-refractivity contribution < 1.29 is 0 Å². The van der Waals surface area contributed by atoms with E-state index in [1.165, 1.54) is 0 Å². The molecular weight excluding hydrogens is 229 g/mol. The molecule has 0 saturated carbocycles. The van der Waals surface area contributed by atoms with Gasteiger partial charge >= 0.3 is 0 Å². The maximum Gasteiger partial charge on any atom is 0.0624 e. The molecule has 3 heteroatoms. The fourth-order valence-electron chi connectivity index (χ4n) is 1.61. The summed E-state index contributed by atoms with van der Waals surface area (Å²) in [5.41, 5.74) is 1.11. The summed E-state index contributed by atoms with van der Waals surface area (Å²) in [5.74, 6) is 0.574. The Morgan fingerprint density at radius 3 is 2.47 bits per heavy atom. The molecule has 0 aromatic heterocycles. The second kappa shape index (κ2) is 5.74. The number of halogens is 2. The maximum atomic E-state index is 6.14. The van der Waals surface area contributed by atoms with E-state index >= 15 is 0 Å². The number of nitrogens with one attached hydrogen (secondary N) is 1.